The van der Waals surface area contributed by atoms with Gasteiger partial charge >= 0.3 is 6.09 Å². The molecule has 1 heterocycles. The Kier molecular flexibility index (Phi) is 5.29. The molecule has 1 saturated heterocycles. The van der Waals surface area contributed by atoms with E-state index in [0.717, 1.165) is 36.1 Å². The first-order chi connectivity index (χ1) is 9.60. The molecule has 1 amide bonds. The molecule has 0 radical (unpaired) electrons. The second kappa shape index (κ2) is 6.97. The van der Waals surface area contributed by atoms with E-state index < -0.39 is 0 Å². The van der Waals surface area contributed by atoms with Gasteiger partial charge in [-0.05, 0) is 60.3 Å². The molecule has 20 heavy (non-hydrogen) atoms. The van der Waals surface area contributed by atoms with Gasteiger partial charge in [-0.1, -0.05) is 6.07 Å². The van der Waals surface area contributed by atoms with Gasteiger partial charge in [-0.15, -0.1) is 0 Å². The molecule has 1 fully saturated rings. The van der Waals surface area contributed by atoms with Crippen molar-refractivity contribution in [1.82, 2.24) is 4.90 Å². The van der Waals surface area contributed by atoms with E-state index >= 15 is 0 Å². The van der Waals surface area contributed by atoms with E-state index in [-0.39, 0.29) is 6.09 Å². The van der Waals surface area contributed by atoms with Crippen LogP contribution < -0.4 is 5.32 Å². The molecule has 1 aliphatic rings. The lowest BCUT2D eigenvalue weighted by Gasteiger charge is -2.32. The van der Waals surface area contributed by atoms with Crippen LogP contribution >= 0.6 is 15.9 Å². The zero-order chi connectivity index (χ0) is 14.5. The van der Waals surface area contributed by atoms with Crippen LogP contribution in [0.15, 0.2) is 22.7 Å². The number of nitrogens with zero attached hydrogens (tertiary/aromatic N) is 1. The van der Waals surface area contributed by atoms with E-state index in [9.17, 15) is 4.79 Å². The standard InChI is InChI=1S/C15H21BrN2O2/c1-3-20-15(19)18-8-6-12(7-9-18)17-14-5-4-11(2)10-13(14)16/h4-5,10,12,17H,3,6-9H2,1-2H3. The van der Waals surface area contributed by atoms with Gasteiger partial charge in [0, 0.05) is 29.3 Å². The van der Waals surface area contributed by atoms with Crippen LogP contribution in [-0.4, -0.2) is 36.7 Å². The molecular formula is C15H21BrN2O2. The predicted octanol–water partition coefficient (Wildman–Crippen LogP) is 3.79. The zero-order valence-electron chi connectivity index (χ0n) is 12.0. The molecule has 5 heteroatoms. The Morgan fingerprint density at radius 3 is 2.75 bits per heavy atom. The SMILES string of the molecule is CCOC(=O)N1CCC(Nc2ccc(C)cc2Br)CC1. The fourth-order valence-corrected chi connectivity index (χ4v) is 2.99. The van der Waals surface area contributed by atoms with Crippen LogP contribution in [-0.2, 0) is 4.74 Å². The summed E-state index contributed by atoms with van der Waals surface area (Å²) in [6.45, 7) is 5.85. The first-order valence-electron chi connectivity index (χ1n) is 7.04. The van der Waals surface area contributed by atoms with E-state index in [2.05, 4.69) is 46.4 Å². The lowest BCUT2D eigenvalue weighted by molar-refractivity contribution is 0.0983. The second-order valence-electron chi connectivity index (χ2n) is 5.09. The molecule has 1 aliphatic heterocycles. The van der Waals surface area contributed by atoms with Crippen LogP contribution in [0.4, 0.5) is 10.5 Å². The molecule has 2 rings (SSSR count). The Bertz CT molecular complexity index is 471. The van der Waals surface area contributed by atoms with E-state index in [1.807, 2.05) is 6.92 Å². The zero-order valence-corrected chi connectivity index (χ0v) is 13.6. The minimum Gasteiger partial charge on any atom is -0.450 e. The first-order valence-corrected chi connectivity index (χ1v) is 7.84. The predicted molar refractivity (Wildman–Crippen MR) is 84.1 cm³/mol. The lowest BCUT2D eigenvalue weighted by atomic mass is 10.0. The van der Waals surface area contributed by atoms with Crippen LogP contribution in [0.3, 0.4) is 0 Å². The highest BCUT2D eigenvalue weighted by molar-refractivity contribution is 9.10. The Morgan fingerprint density at radius 1 is 1.45 bits per heavy atom. The summed E-state index contributed by atoms with van der Waals surface area (Å²) >= 11 is 3.58. The lowest BCUT2D eigenvalue weighted by Crippen LogP contribution is -2.42. The van der Waals surface area contributed by atoms with Crippen molar-refractivity contribution >= 4 is 27.7 Å². The topological polar surface area (TPSA) is 41.6 Å². The number of nitrogens with one attached hydrogen (secondary N) is 1. The second-order valence-corrected chi connectivity index (χ2v) is 5.94. The van der Waals surface area contributed by atoms with Gasteiger partial charge < -0.3 is 15.0 Å². The van der Waals surface area contributed by atoms with Crippen LogP contribution in [0.5, 0.6) is 0 Å². The largest absolute Gasteiger partial charge is 0.450 e. The average Bonchev–Trinajstić information content (AvgIpc) is 2.43. The molecule has 110 valence electrons. The van der Waals surface area contributed by atoms with E-state index in [1.54, 1.807) is 4.90 Å². The summed E-state index contributed by atoms with van der Waals surface area (Å²) < 4.78 is 6.11. The minimum atomic E-state index is -0.192. The monoisotopic (exact) mass is 340 g/mol. The molecular weight excluding hydrogens is 320 g/mol. The summed E-state index contributed by atoms with van der Waals surface area (Å²) in [7, 11) is 0. The number of carbonyl (C=O) groups excluding carboxylic acids is 1. The van der Waals surface area contributed by atoms with Crippen molar-refractivity contribution in [3.8, 4) is 0 Å². The molecule has 0 aliphatic carbocycles. The number of piperidine rings is 1. The fraction of sp³-hybridized carbons (Fsp3) is 0.533. The molecule has 1 aromatic rings. The van der Waals surface area contributed by atoms with Crippen molar-refractivity contribution in [2.75, 3.05) is 25.0 Å². The van der Waals surface area contributed by atoms with Gasteiger partial charge in [0.25, 0.3) is 0 Å². The molecule has 0 atom stereocenters. The minimum absolute atomic E-state index is 0.192. The number of halogens is 1. The van der Waals surface area contributed by atoms with Gasteiger partial charge in [0.2, 0.25) is 0 Å². The van der Waals surface area contributed by atoms with Gasteiger partial charge in [-0.2, -0.15) is 0 Å². The highest BCUT2D eigenvalue weighted by Gasteiger charge is 2.23. The molecule has 0 saturated carbocycles. The third kappa shape index (κ3) is 3.88. The van der Waals surface area contributed by atoms with Crippen molar-refractivity contribution in [3.05, 3.63) is 28.2 Å². The Labute approximate surface area is 128 Å². The number of aryl methyl sites for hydroxylation is 1. The van der Waals surface area contributed by atoms with Gasteiger partial charge in [-0.25, -0.2) is 4.79 Å². The molecule has 0 unspecified atom stereocenters. The van der Waals surface area contributed by atoms with Crippen LogP contribution in [0.2, 0.25) is 0 Å². The first kappa shape index (κ1) is 15.2. The Balaban J connectivity index is 1.86. The summed E-state index contributed by atoms with van der Waals surface area (Å²) in [5, 5.41) is 3.54. The quantitative estimate of drug-likeness (QED) is 0.909. The highest BCUT2D eigenvalue weighted by Crippen LogP contribution is 2.26. The van der Waals surface area contributed by atoms with E-state index in [1.165, 1.54) is 5.56 Å². The number of likely N-dealkylation sites (tertiary alicyclic amines) is 1. The molecule has 1 aromatic carbocycles. The van der Waals surface area contributed by atoms with Gasteiger partial charge in [-0.3, -0.25) is 0 Å². The van der Waals surface area contributed by atoms with Crippen LogP contribution in [0.1, 0.15) is 25.3 Å². The smallest absolute Gasteiger partial charge is 0.409 e. The number of hydrogen-bond donors (Lipinski definition) is 1. The number of anilines is 1. The molecule has 0 bridgehead atoms. The van der Waals surface area contributed by atoms with Crippen molar-refractivity contribution < 1.29 is 9.53 Å². The van der Waals surface area contributed by atoms with Gasteiger partial charge in [0.05, 0.1) is 6.61 Å². The molecule has 0 aromatic heterocycles. The fourth-order valence-electron chi connectivity index (χ4n) is 2.38. The van der Waals surface area contributed by atoms with Crippen LogP contribution in [0, 0.1) is 6.92 Å². The molecule has 0 spiro atoms. The summed E-state index contributed by atoms with van der Waals surface area (Å²) in [5.41, 5.74) is 2.35. The number of hydrogen-bond acceptors (Lipinski definition) is 3. The van der Waals surface area contributed by atoms with Crippen molar-refractivity contribution in [3.63, 3.8) is 0 Å². The van der Waals surface area contributed by atoms with E-state index in [0.29, 0.717) is 12.6 Å². The Hall–Kier alpha value is -1.23. The average molecular weight is 341 g/mol. The summed E-state index contributed by atoms with van der Waals surface area (Å²) in [6.07, 6.45) is 1.70. The third-order valence-electron chi connectivity index (χ3n) is 3.51. The maximum absolute atomic E-state index is 11.6. The Morgan fingerprint density at radius 2 is 2.15 bits per heavy atom. The van der Waals surface area contributed by atoms with Crippen molar-refractivity contribution in [2.45, 2.75) is 32.7 Å². The number of carbonyl (C=O) groups is 1. The summed E-state index contributed by atoms with van der Waals surface area (Å²) in [4.78, 5) is 13.4. The number of amides is 1. The van der Waals surface area contributed by atoms with E-state index in [4.69, 9.17) is 4.74 Å². The van der Waals surface area contributed by atoms with Gasteiger partial charge in [0.15, 0.2) is 0 Å². The maximum atomic E-state index is 11.6. The van der Waals surface area contributed by atoms with Crippen molar-refractivity contribution in [1.29, 1.82) is 0 Å². The normalized spacial score (nSPS) is 16.1. The maximum Gasteiger partial charge on any atom is 0.409 e. The number of rotatable bonds is 3. The summed E-state index contributed by atoms with van der Waals surface area (Å²) in [6, 6.07) is 6.70. The van der Waals surface area contributed by atoms with Gasteiger partial charge in [0.1, 0.15) is 0 Å². The molecule has 4 nitrogen and oxygen atoms in total. The number of benzene rings is 1. The van der Waals surface area contributed by atoms with Crippen LogP contribution in [0.25, 0.3) is 0 Å². The summed E-state index contributed by atoms with van der Waals surface area (Å²) in [5.74, 6) is 0. The number of ether oxygens (including phenoxy) is 1. The van der Waals surface area contributed by atoms with Crippen molar-refractivity contribution in [2.24, 2.45) is 0 Å². The molecule has 1 N–H and O–H groups in total. The third-order valence-corrected chi connectivity index (χ3v) is 4.16. The highest BCUT2D eigenvalue weighted by atomic mass is 79.9.